The molecule has 1 aromatic rings. The second kappa shape index (κ2) is 5.74. The molecule has 5 N–H and O–H groups in total. The van der Waals surface area contributed by atoms with E-state index in [2.05, 4.69) is 20.8 Å². The number of nitrogen functional groups attached to an aromatic ring is 1. The van der Waals surface area contributed by atoms with Crippen molar-refractivity contribution < 1.29 is 9.59 Å². The highest BCUT2D eigenvalue weighted by molar-refractivity contribution is 5.98. The molecule has 0 aromatic carbocycles. The molecule has 0 aliphatic carbocycles. The van der Waals surface area contributed by atoms with Crippen molar-refractivity contribution >= 4 is 17.5 Å². The first-order valence-electron chi connectivity index (χ1n) is 4.99. The maximum Gasteiger partial charge on any atom is 0.271 e. The van der Waals surface area contributed by atoms with E-state index in [1.54, 1.807) is 0 Å². The van der Waals surface area contributed by atoms with Gasteiger partial charge in [0.25, 0.3) is 5.91 Å². The number of rotatable bonds is 5. The van der Waals surface area contributed by atoms with Crippen molar-refractivity contribution in [2.45, 2.75) is 13.3 Å². The zero-order valence-corrected chi connectivity index (χ0v) is 9.04. The molecule has 0 unspecified atom stereocenters. The number of anilines is 1. The standard InChI is InChI=1S/C9H15N5O2/c1-2-3-11-7(15)5-12-9(16)8-6(10)4-13-14-8/h4H,2-3,5,10H2,1H3,(H,11,15)(H,12,16)(H,13,14). The van der Waals surface area contributed by atoms with Gasteiger partial charge in [0, 0.05) is 6.54 Å². The van der Waals surface area contributed by atoms with Crippen LogP contribution in [-0.2, 0) is 4.79 Å². The first kappa shape index (κ1) is 12.0. The minimum Gasteiger partial charge on any atom is -0.396 e. The summed E-state index contributed by atoms with van der Waals surface area (Å²) in [6, 6.07) is 0. The van der Waals surface area contributed by atoms with Crippen molar-refractivity contribution in [2.75, 3.05) is 18.8 Å². The second-order valence-electron chi connectivity index (χ2n) is 3.23. The van der Waals surface area contributed by atoms with Gasteiger partial charge in [0.1, 0.15) is 5.69 Å². The first-order valence-corrected chi connectivity index (χ1v) is 4.99. The summed E-state index contributed by atoms with van der Waals surface area (Å²) in [6.45, 7) is 2.47. The third-order valence-electron chi connectivity index (χ3n) is 1.88. The topological polar surface area (TPSA) is 113 Å². The van der Waals surface area contributed by atoms with E-state index < -0.39 is 5.91 Å². The Labute approximate surface area is 92.8 Å². The van der Waals surface area contributed by atoms with Gasteiger partial charge >= 0.3 is 0 Å². The fourth-order valence-corrected chi connectivity index (χ4v) is 1.05. The van der Waals surface area contributed by atoms with Gasteiger partial charge in [0.15, 0.2) is 0 Å². The van der Waals surface area contributed by atoms with Gasteiger partial charge < -0.3 is 16.4 Å². The lowest BCUT2D eigenvalue weighted by atomic mass is 10.3. The number of carbonyl (C=O) groups is 2. The Kier molecular flexibility index (Phi) is 4.31. The molecule has 0 radical (unpaired) electrons. The summed E-state index contributed by atoms with van der Waals surface area (Å²) >= 11 is 0. The molecular formula is C9H15N5O2. The summed E-state index contributed by atoms with van der Waals surface area (Å²) in [5, 5.41) is 11.1. The van der Waals surface area contributed by atoms with Gasteiger partial charge in [-0.15, -0.1) is 0 Å². The molecule has 7 nitrogen and oxygen atoms in total. The number of nitrogens with two attached hydrogens (primary N) is 1. The molecule has 0 saturated heterocycles. The van der Waals surface area contributed by atoms with Crippen molar-refractivity contribution in [3.8, 4) is 0 Å². The molecule has 1 rings (SSSR count). The molecule has 1 heterocycles. The summed E-state index contributed by atoms with van der Waals surface area (Å²) < 4.78 is 0. The third-order valence-corrected chi connectivity index (χ3v) is 1.88. The highest BCUT2D eigenvalue weighted by atomic mass is 16.2. The van der Waals surface area contributed by atoms with Crippen LogP contribution in [0.2, 0.25) is 0 Å². The Morgan fingerprint density at radius 2 is 2.25 bits per heavy atom. The summed E-state index contributed by atoms with van der Waals surface area (Å²) in [7, 11) is 0. The Morgan fingerprint density at radius 3 is 2.81 bits per heavy atom. The zero-order valence-electron chi connectivity index (χ0n) is 9.04. The molecule has 1 aromatic heterocycles. The number of nitrogens with one attached hydrogen (secondary N) is 3. The minimum atomic E-state index is -0.443. The van der Waals surface area contributed by atoms with E-state index in [9.17, 15) is 9.59 Å². The molecular weight excluding hydrogens is 210 g/mol. The molecule has 16 heavy (non-hydrogen) atoms. The normalized spacial score (nSPS) is 9.81. The van der Waals surface area contributed by atoms with Crippen molar-refractivity contribution in [1.29, 1.82) is 0 Å². The van der Waals surface area contributed by atoms with Gasteiger partial charge in [-0.2, -0.15) is 5.10 Å². The van der Waals surface area contributed by atoms with Crippen LogP contribution in [0.5, 0.6) is 0 Å². The number of H-pyrrole nitrogens is 1. The van der Waals surface area contributed by atoms with Gasteiger partial charge in [-0.1, -0.05) is 6.92 Å². The van der Waals surface area contributed by atoms with Crippen LogP contribution in [0.3, 0.4) is 0 Å². The van der Waals surface area contributed by atoms with E-state index in [0.717, 1.165) is 6.42 Å². The Balaban J connectivity index is 2.36. The average molecular weight is 225 g/mol. The monoisotopic (exact) mass is 225 g/mol. The van der Waals surface area contributed by atoms with E-state index in [4.69, 9.17) is 5.73 Å². The average Bonchev–Trinajstić information content (AvgIpc) is 2.69. The molecule has 0 aliphatic rings. The molecule has 0 atom stereocenters. The van der Waals surface area contributed by atoms with Gasteiger partial charge in [-0.3, -0.25) is 14.7 Å². The maximum atomic E-state index is 11.5. The minimum absolute atomic E-state index is 0.0721. The maximum absolute atomic E-state index is 11.5. The van der Waals surface area contributed by atoms with Crippen LogP contribution < -0.4 is 16.4 Å². The van der Waals surface area contributed by atoms with Crippen LogP contribution >= 0.6 is 0 Å². The summed E-state index contributed by atoms with van der Waals surface area (Å²) in [5.41, 5.74) is 5.90. The quantitative estimate of drug-likeness (QED) is 0.528. The number of carbonyl (C=O) groups excluding carboxylic acids is 2. The molecule has 0 saturated carbocycles. The molecule has 0 bridgehead atoms. The molecule has 0 aliphatic heterocycles. The van der Waals surface area contributed by atoms with Gasteiger partial charge in [-0.05, 0) is 6.42 Å². The summed E-state index contributed by atoms with van der Waals surface area (Å²) in [6.07, 6.45) is 2.19. The van der Waals surface area contributed by atoms with Crippen LogP contribution in [0.4, 0.5) is 5.69 Å². The lowest BCUT2D eigenvalue weighted by Gasteiger charge is -2.05. The lowest BCUT2D eigenvalue weighted by molar-refractivity contribution is -0.120. The van der Waals surface area contributed by atoms with Crippen molar-refractivity contribution in [2.24, 2.45) is 0 Å². The van der Waals surface area contributed by atoms with Gasteiger partial charge in [0.05, 0.1) is 18.4 Å². The SMILES string of the molecule is CCCNC(=O)CNC(=O)c1[nH]ncc1N. The Bertz CT molecular complexity index is 374. The fraction of sp³-hybridized carbons (Fsp3) is 0.444. The molecule has 2 amide bonds. The van der Waals surface area contributed by atoms with Crippen LogP contribution in [-0.4, -0.2) is 35.1 Å². The highest BCUT2D eigenvalue weighted by Gasteiger charge is 2.12. The van der Waals surface area contributed by atoms with Gasteiger partial charge in [-0.25, -0.2) is 0 Å². The fourth-order valence-electron chi connectivity index (χ4n) is 1.05. The lowest BCUT2D eigenvalue weighted by Crippen LogP contribution is -2.37. The van der Waals surface area contributed by atoms with E-state index >= 15 is 0 Å². The van der Waals surface area contributed by atoms with E-state index in [1.165, 1.54) is 6.20 Å². The van der Waals surface area contributed by atoms with Crippen LogP contribution in [0.1, 0.15) is 23.8 Å². The van der Waals surface area contributed by atoms with Crippen molar-refractivity contribution in [1.82, 2.24) is 20.8 Å². The zero-order chi connectivity index (χ0) is 12.0. The molecule has 0 fully saturated rings. The number of aromatic nitrogens is 2. The van der Waals surface area contributed by atoms with Crippen molar-refractivity contribution in [3.05, 3.63) is 11.9 Å². The number of hydrogen-bond donors (Lipinski definition) is 4. The number of aromatic amines is 1. The van der Waals surface area contributed by atoms with Crippen LogP contribution in [0.15, 0.2) is 6.20 Å². The molecule has 0 spiro atoms. The van der Waals surface area contributed by atoms with Crippen LogP contribution in [0.25, 0.3) is 0 Å². The number of nitrogens with zero attached hydrogens (tertiary/aromatic N) is 1. The highest BCUT2D eigenvalue weighted by Crippen LogP contribution is 2.04. The van der Waals surface area contributed by atoms with E-state index in [0.29, 0.717) is 6.54 Å². The number of amides is 2. The second-order valence-corrected chi connectivity index (χ2v) is 3.23. The Morgan fingerprint density at radius 1 is 1.50 bits per heavy atom. The van der Waals surface area contributed by atoms with E-state index in [-0.39, 0.29) is 23.8 Å². The summed E-state index contributed by atoms with van der Waals surface area (Å²) in [4.78, 5) is 22.6. The predicted molar refractivity (Wildman–Crippen MR) is 58.6 cm³/mol. The van der Waals surface area contributed by atoms with E-state index in [1.807, 2.05) is 6.92 Å². The molecule has 7 heteroatoms. The van der Waals surface area contributed by atoms with Crippen molar-refractivity contribution in [3.63, 3.8) is 0 Å². The number of hydrogen-bond acceptors (Lipinski definition) is 4. The van der Waals surface area contributed by atoms with Gasteiger partial charge in [0.2, 0.25) is 5.91 Å². The largest absolute Gasteiger partial charge is 0.396 e. The smallest absolute Gasteiger partial charge is 0.271 e. The first-order chi connectivity index (χ1) is 7.65. The third kappa shape index (κ3) is 3.26. The Hall–Kier alpha value is -2.05. The predicted octanol–water partition coefficient (Wildman–Crippen LogP) is -0.752. The molecule has 88 valence electrons. The van der Waals surface area contributed by atoms with Crippen LogP contribution in [0, 0.1) is 0 Å². The summed E-state index contributed by atoms with van der Waals surface area (Å²) in [5.74, 6) is -0.671.